The molecule has 0 aliphatic rings. The summed E-state index contributed by atoms with van der Waals surface area (Å²) in [6.07, 6.45) is 0.516. The molecule has 1 aromatic rings. The van der Waals surface area contributed by atoms with E-state index in [1.807, 2.05) is 0 Å². The van der Waals surface area contributed by atoms with Crippen LogP contribution >= 0.6 is 0 Å². The molecule has 0 spiro atoms. The maximum absolute atomic E-state index is 12.2. The summed E-state index contributed by atoms with van der Waals surface area (Å²) >= 11 is 0. The van der Waals surface area contributed by atoms with E-state index in [0.717, 1.165) is 0 Å². The predicted molar refractivity (Wildman–Crippen MR) is 85.9 cm³/mol. The fraction of sp³-hybridized carbons (Fsp3) is 0.533. The van der Waals surface area contributed by atoms with Crippen molar-refractivity contribution >= 4 is 15.7 Å². The Hall–Kier alpha value is -1.44. The van der Waals surface area contributed by atoms with Gasteiger partial charge in [-0.25, -0.2) is 8.42 Å². The summed E-state index contributed by atoms with van der Waals surface area (Å²) in [4.78, 5) is 12.3. The van der Waals surface area contributed by atoms with E-state index in [2.05, 4.69) is 10.6 Å². The molecule has 0 saturated carbocycles. The van der Waals surface area contributed by atoms with Crippen molar-refractivity contribution in [3.63, 3.8) is 0 Å². The van der Waals surface area contributed by atoms with Crippen LogP contribution in [0.5, 0.6) is 0 Å². The van der Waals surface area contributed by atoms with Gasteiger partial charge in [0.05, 0.1) is 22.8 Å². The first-order valence-electron chi connectivity index (χ1n) is 7.32. The highest BCUT2D eigenvalue weighted by Gasteiger charge is 2.20. The smallest absolute Gasteiger partial charge is 0.252 e. The van der Waals surface area contributed by atoms with Crippen LogP contribution < -0.4 is 10.6 Å². The van der Waals surface area contributed by atoms with Crippen molar-refractivity contribution in [3.8, 4) is 0 Å². The number of nitrogens with one attached hydrogen (secondary N) is 2. The van der Waals surface area contributed by atoms with Gasteiger partial charge in [0.1, 0.15) is 0 Å². The van der Waals surface area contributed by atoms with E-state index in [4.69, 9.17) is 4.74 Å². The number of carbonyl (C=O) groups excluding carboxylic acids is 1. The van der Waals surface area contributed by atoms with Crippen LogP contribution in [0, 0.1) is 0 Å². The van der Waals surface area contributed by atoms with Gasteiger partial charge in [0, 0.05) is 26.7 Å². The first-order chi connectivity index (χ1) is 10.5. The molecule has 0 saturated heterocycles. The molecule has 6 nitrogen and oxygen atoms in total. The standard InChI is InChI=1S/C15H24N2O4S/c1-3-12-22(19,20)14-7-5-4-6-13(14)15(18)17-9-8-16-10-11-21-2/h4-7,16H,3,8-12H2,1-2H3,(H,17,18). The van der Waals surface area contributed by atoms with Gasteiger partial charge in [-0.3, -0.25) is 4.79 Å². The lowest BCUT2D eigenvalue weighted by atomic mass is 10.2. The average molecular weight is 328 g/mol. The molecule has 0 aliphatic heterocycles. The van der Waals surface area contributed by atoms with Gasteiger partial charge in [-0.05, 0) is 18.6 Å². The molecule has 0 fully saturated rings. The van der Waals surface area contributed by atoms with E-state index in [1.165, 1.54) is 12.1 Å². The second kappa shape index (κ2) is 9.55. The molecule has 1 rings (SSSR count). The van der Waals surface area contributed by atoms with E-state index in [9.17, 15) is 13.2 Å². The Bertz CT molecular complexity index is 573. The summed E-state index contributed by atoms with van der Waals surface area (Å²) in [5.41, 5.74) is 0.202. The molecular formula is C15H24N2O4S. The van der Waals surface area contributed by atoms with Crippen LogP contribution in [-0.2, 0) is 14.6 Å². The third kappa shape index (κ3) is 5.75. The van der Waals surface area contributed by atoms with Crippen molar-refractivity contribution in [3.05, 3.63) is 29.8 Å². The molecule has 0 unspecified atom stereocenters. The molecule has 22 heavy (non-hydrogen) atoms. The zero-order valence-corrected chi connectivity index (χ0v) is 13.9. The maximum atomic E-state index is 12.2. The van der Waals surface area contributed by atoms with Crippen LogP contribution in [0.1, 0.15) is 23.7 Å². The van der Waals surface area contributed by atoms with E-state index in [1.54, 1.807) is 26.2 Å². The lowest BCUT2D eigenvalue weighted by molar-refractivity contribution is 0.0950. The molecule has 124 valence electrons. The average Bonchev–Trinajstić information content (AvgIpc) is 2.50. The number of benzene rings is 1. The first kappa shape index (κ1) is 18.6. The molecule has 1 amide bonds. The number of methoxy groups -OCH3 is 1. The Morgan fingerprint density at radius 2 is 1.91 bits per heavy atom. The first-order valence-corrected chi connectivity index (χ1v) is 8.97. The summed E-state index contributed by atoms with van der Waals surface area (Å²) < 4.78 is 29.3. The zero-order valence-electron chi connectivity index (χ0n) is 13.1. The minimum absolute atomic E-state index is 0.0376. The minimum atomic E-state index is -3.42. The van der Waals surface area contributed by atoms with Crippen LogP contribution in [0.2, 0.25) is 0 Å². The normalized spacial score (nSPS) is 11.4. The van der Waals surface area contributed by atoms with Crippen LogP contribution in [0.25, 0.3) is 0 Å². The Morgan fingerprint density at radius 3 is 2.59 bits per heavy atom. The molecule has 1 aromatic carbocycles. The van der Waals surface area contributed by atoms with Crippen LogP contribution in [0.15, 0.2) is 29.2 Å². The zero-order chi connectivity index (χ0) is 16.4. The van der Waals surface area contributed by atoms with Crippen molar-refractivity contribution < 1.29 is 17.9 Å². The van der Waals surface area contributed by atoms with Crippen LogP contribution in [-0.4, -0.2) is 53.4 Å². The molecule has 0 heterocycles. The second-order valence-electron chi connectivity index (χ2n) is 4.81. The largest absolute Gasteiger partial charge is 0.383 e. The Labute approximate surface area is 132 Å². The minimum Gasteiger partial charge on any atom is -0.383 e. The maximum Gasteiger partial charge on any atom is 0.252 e. The second-order valence-corrected chi connectivity index (χ2v) is 6.89. The van der Waals surface area contributed by atoms with Crippen molar-refractivity contribution in [2.24, 2.45) is 0 Å². The molecule has 0 bridgehead atoms. The topological polar surface area (TPSA) is 84.5 Å². The lowest BCUT2D eigenvalue weighted by Gasteiger charge is -2.11. The lowest BCUT2D eigenvalue weighted by Crippen LogP contribution is -2.33. The molecule has 0 atom stereocenters. The van der Waals surface area contributed by atoms with Gasteiger partial charge >= 0.3 is 0 Å². The predicted octanol–water partition coefficient (Wildman–Crippen LogP) is 0.836. The fourth-order valence-electron chi connectivity index (χ4n) is 1.96. The summed E-state index contributed by atoms with van der Waals surface area (Å²) in [7, 11) is -1.80. The highest BCUT2D eigenvalue weighted by molar-refractivity contribution is 7.91. The molecule has 7 heteroatoms. The highest BCUT2D eigenvalue weighted by Crippen LogP contribution is 2.17. The number of carbonyl (C=O) groups is 1. The fourth-order valence-corrected chi connectivity index (χ4v) is 3.50. The number of amides is 1. The third-order valence-electron chi connectivity index (χ3n) is 3.01. The van der Waals surface area contributed by atoms with Crippen molar-refractivity contribution in [2.75, 3.05) is 39.1 Å². The van der Waals surface area contributed by atoms with Gasteiger partial charge in [-0.1, -0.05) is 19.1 Å². The van der Waals surface area contributed by atoms with Gasteiger partial charge in [0.2, 0.25) is 0 Å². The SMILES string of the molecule is CCCS(=O)(=O)c1ccccc1C(=O)NCCNCCOC. The number of rotatable bonds is 10. The van der Waals surface area contributed by atoms with Crippen molar-refractivity contribution in [1.82, 2.24) is 10.6 Å². The van der Waals surface area contributed by atoms with Gasteiger partial charge in [-0.15, -0.1) is 0 Å². The molecule has 2 N–H and O–H groups in total. The molecular weight excluding hydrogens is 304 g/mol. The van der Waals surface area contributed by atoms with E-state index < -0.39 is 9.84 Å². The van der Waals surface area contributed by atoms with Crippen molar-refractivity contribution in [2.45, 2.75) is 18.2 Å². The highest BCUT2D eigenvalue weighted by atomic mass is 32.2. The van der Waals surface area contributed by atoms with Gasteiger partial charge in [0.25, 0.3) is 5.91 Å². The summed E-state index contributed by atoms with van der Waals surface area (Å²) in [6, 6.07) is 6.31. The number of hydrogen-bond donors (Lipinski definition) is 2. The number of hydrogen-bond acceptors (Lipinski definition) is 5. The van der Waals surface area contributed by atoms with Crippen LogP contribution in [0.4, 0.5) is 0 Å². The quantitative estimate of drug-likeness (QED) is 0.622. The van der Waals surface area contributed by atoms with Crippen LogP contribution in [0.3, 0.4) is 0 Å². The summed E-state index contributed by atoms with van der Waals surface area (Å²) in [6.45, 7) is 4.12. The van der Waals surface area contributed by atoms with E-state index in [-0.39, 0.29) is 22.1 Å². The summed E-state index contributed by atoms with van der Waals surface area (Å²) in [5.74, 6) is -0.334. The van der Waals surface area contributed by atoms with Gasteiger partial charge < -0.3 is 15.4 Å². The molecule has 0 aromatic heterocycles. The Morgan fingerprint density at radius 1 is 1.18 bits per heavy atom. The summed E-state index contributed by atoms with van der Waals surface area (Å²) in [5, 5.41) is 5.82. The van der Waals surface area contributed by atoms with E-state index in [0.29, 0.717) is 32.7 Å². The Balaban J connectivity index is 2.66. The molecule has 0 aliphatic carbocycles. The monoisotopic (exact) mass is 328 g/mol. The molecule has 0 radical (unpaired) electrons. The van der Waals surface area contributed by atoms with E-state index >= 15 is 0 Å². The number of sulfone groups is 1. The Kier molecular flexibility index (Phi) is 8.08. The van der Waals surface area contributed by atoms with Crippen molar-refractivity contribution in [1.29, 1.82) is 0 Å². The van der Waals surface area contributed by atoms with Gasteiger partial charge in [0.15, 0.2) is 9.84 Å². The van der Waals surface area contributed by atoms with Gasteiger partial charge in [-0.2, -0.15) is 0 Å². The number of ether oxygens (including phenoxy) is 1. The third-order valence-corrected chi connectivity index (χ3v) is 4.98.